The molecule has 0 amide bonds. The number of hydrogen-bond acceptors (Lipinski definition) is 22. The van der Waals surface area contributed by atoms with E-state index in [2.05, 4.69) is 0 Å². The van der Waals surface area contributed by atoms with Crippen molar-refractivity contribution >= 4 is 22.9 Å². The van der Waals surface area contributed by atoms with Crippen LogP contribution in [0, 0.1) is 0 Å². The lowest BCUT2D eigenvalue weighted by atomic mass is 9.98. The number of esters is 1. The maximum atomic E-state index is 11.9. The number of rotatable bonds is 14. The monoisotopic (exact) mass is 887 g/mol. The highest BCUT2D eigenvalue weighted by atomic mass is 16.7. The number of phenols is 2. The first-order valence-corrected chi connectivity index (χ1v) is 18.8. The van der Waals surface area contributed by atoms with Gasteiger partial charge < -0.3 is 104 Å². The van der Waals surface area contributed by atoms with Gasteiger partial charge in [-0.1, -0.05) is 0 Å². The van der Waals surface area contributed by atoms with E-state index in [0.717, 1.165) is 12.1 Å². The number of aromatic hydroxyl groups is 2. The number of aliphatic hydroxyl groups excluding tert-OH is 9. The predicted octanol–water partition coefficient (Wildman–Crippen LogP) is -2.96. The van der Waals surface area contributed by atoms with Crippen LogP contribution in [0.3, 0.4) is 0 Å². The highest BCUT2D eigenvalue weighted by Crippen LogP contribution is 2.46. The molecule has 3 aliphatic rings. The molecule has 0 radical (unpaired) electrons. The summed E-state index contributed by atoms with van der Waals surface area (Å²) in [4.78, 5) is 22.8. The third-order valence-electron chi connectivity index (χ3n) is 10.3. The maximum Gasteiger partial charge on any atom is 0.402 e. The summed E-state index contributed by atoms with van der Waals surface area (Å²) in [6, 6.07) is 6.07. The zero-order chi connectivity index (χ0) is 45.3. The molecule has 3 aliphatic heterocycles. The van der Waals surface area contributed by atoms with Crippen LogP contribution in [-0.4, -0.2) is 193 Å². The van der Waals surface area contributed by atoms with E-state index in [-0.39, 0.29) is 45.3 Å². The fourth-order valence-electron chi connectivity index (χ4n) is 6.96. The van der Waals surface area contributed by atoms with E-state index >= 15 is 0 Å². The van der Waals surface area contributed by atoms with Crippen molar-refractivity contribution in [2.75, 3.05) is 27.4 Å². The van der Waals surface area contributed by atoms with Gasteiger partial charge in [-0.3, -0.25) is 9.59 Å². The number of methoxy groups -OCH3 is 2. The Balaban J connectivity index is 1.32. The van der Waals surface area contributed by atoms with Crippen LogP contribution in [0.4, 0.5) is 0 Å². The quantitative estimate of drug-likeness (QED) is 0.0437. The molecule has 4 heterocycles. The molecule has 1 aromatic heterocycles. The number of ether oxygens (including phenoxy) is 9. The second kappa shape index (κ2) is 19.2. The van der Waals surface area contributed by atoms with Gasteiger partial charge in [0.1, 0.15) is 84.3 Å². The van der Waals surface area contributed by atoms with Gasteiger partial charge in [0.15, 0.2) is 23.9 Å². The van der Waals surface area contributed by atoms with Gasteiger partial charge in [0.2, 0.25) is 24.1 Å². The maximum absolute atomic E-state index is 11.9. The van der Waals surface area contributed by atoms with Crippen LogP contribution >= 0.6 is 0 Å². The Morgan fingerprint density at radius 2 is 1.24 bits per heavy atom. The van der Waals surface area contributed by atoms with Crippen LogP contribution < -0.4 is 18.9 Å². The molecule has 0 bridgehead atoms. The summed E-state index contributed by atoms with van der Waals surface area (Å²) in [7, 11) is 2.51. The van der Waals surface area contributed by atoms with Crippen LogP contribution in [0.25, 0.3) is 22.3 Å². The van der Waals surface area contributed by atoms with Gasteiger partial charge in [-0.05, 0) is 6.92 Å². The number of benzene rings is 2. The van der Waals surface area contributed by atoms with Crippen molar-refractivity contribution in [3.05, 3.63) is 30.3 Å². The van der Waals surface area contributed by atoms with Crippen LogP contribution in [0.15, 0.2) is 34.7 Å². The molecule has 3 aromatic rings. The van der Waals surface area contributed by atoms with E-state index in [0.29, 0.717) is 0 Å². The first-order chi connectivity index (χ1) is 29.4. The molecule has 24 heteroatoms. The average molecular weight is 888 g/mol. The third kappa shape index (κ3) is 9.52. The number of phenolic OH excluding ortho intramolecular Hbond substituents is 2. The summed E-state index contributed by atoms with van der Waals surface area (Å²) < 4.78 is 56.2. The second-order valence-electron chi connectivity index (χ2n) is 14.5. The van der Waals surface area contributed by atoms with E-state index in [1.807, 2.05) is 0 Å². The van der Waals surface area contributed by atoms with Gasteiger partial charge in [-0.25, -0.2) is 4.42 Å². The van der Waals surface area contributed by atoms with Crippen LogP contribution in [-0.2, 0) is 33.3 Å². The fourth-order valence-corrected chi connectivity index (χ4v) is 6.96. The van der Waals surface area contributed by atoms with Crippen molar-refractivity contribution in [2.45, 2.75) is 105 Å². The van der Waals surface area contributed by atoms with Crippen LogP contribution in [0.1, 0.15) is 13.3 Å². The van der Waals surface area contributed by atoms with E-state index in [1.54, 1.807) is 0 Å². The van der Waals surface area contributed by atoms with Crippen molar-refractivity contribution in [3.8, 4) is 45.8 Å². The Morgan fingerprint density at radius 3 is 1.82 bits per heavy atom. The molecular weight excluding hydrogens is 840 g/mol. The summed E-state index contributed by atoms with van der Waals surface area (Å²) in [6.45, 7) is -0.137. The Morgan fingerprint density at radius 1 is 0.677 bits per heavy atom. The first kappa shape index (κ1) is 46.6. The van der Waals surface area contributed by atoms with E-state index in [1.165, 1.54) is 39.3 Å². The lowest BCUT2D eigenvalue weighted by molar-refractivity contribution is -0.319. The van der Waals surface area contributed by atoms with Gasteiger partial charge in [0.05, 0.1) is 45.2 Å². The highest BCUT2D eigenvalue weighted by molar-refractivity contribution is 5.90. The third-order valence-corrected chi connectivity index (χ3v) is 10.3. The van der Waals surface area contributed by atoms with Crippen molar-refractivity contribution in [3.63, 3.8) is 0 Å². The number of hydrogen-bond donors (Lipinski definition) is 12. The Hall–Kier alpha value is -4.93. The minimum absolute atomic E-state index is 0.0370. The number of carbonyl (C=O) groups excluding carboxylic acids is 1. The average Bonchev–Trinajstić information content (AvgIpc) is 3.23. The molecule has 12 N–H and O–H groups in total. The number of aliphatic carboxylic acids is 1. The zero-order valence-electron chi connectivity index (χ0n) is 32.9. The molecule has 6 rings (SSSR count). The topological polar surface area (TPSA) is 371 Å². The van der Waals surface area contributed by atoms with Gasteiger partial charge in [0, 0.05) is 24.3 Å². The molecule has 15 atom stereocenters. The molecule has 2 aromatic carbocycles. The van der Waals surface area contributed by atoms with E-state index < -0.39 is 135 Å². The normalized spacial score (nSPS) is 33.7. The van der Waals surface area contributed by atoms with Crippen molar-refractivity contribution < 1.29 is 118 Å². The second-order valence-corrected chi connectivity index (χ2v) is 14.5. The molecule has 342 valence electrons. The molecule has 0 saturated carbocycles. The summed E-state index contributed by atoms with van der Waals surface area (Å²) >= 11 is 0. The van der Waals surface area contributed by atoms with E-state index in [9.17, 15) is 65.8 Å². The molecule has 3 saturated heterocycles. The first-order valence-electron chi connectivity index (χ1n) is 18.8. The zero-order valence-corrected chi connectivity index (χ0v) is 32.9. The lowest BCUT2D eigenvalue weighted by Gasteiger charge is -2.43. The number of carboxylic acids is 1. The van der Waals surface area contributed by atoms with Gasteiger partial charge >= 0.3 is 23.3 Å². The van der Waals surface area contributed by atoms with Gasteiger partial charge in [0.25, 0.3) is 0 Å². The number of fused-ring (bicyclic) bond motifs is 1. The largest absolute Gasteiger partial charge is 0.507 e. The number of carbonyl (C=O) groups is 2. The van der Waals surface area contributed by atoms with E-state index in [4.69, 9.17) is 52.2 Å². The Labute approximate surface area is 349 Å². The van der Waals surface area contributed by atoms with Crippen molar-refractivity contribution in [1.82, 2.24) is 0 Å². The fraction of sp³-hybridized carbons (Fsp3) is 0.553. The minimum atomic E-state index is -2.00. The summed E-state index contributed by atoms with van der Waals surface area (Å²) in [5.41, 5.74) is -0.0480. The lowest BCUT2D eigenvalue weighted by Crippen LogP contribution is -2.62. The molecule has 0 unspecified atom stereocenters. The molecule has 62 heavy (non-hydrogen) atoms. The Kier molecular flexibility index (Phi) is 14.4. The van der Waals surface area contributed by atoms with Crippen LogP contribution in [0.5, 0.6) is 34.5 Å². The summed E-state index contributed by atoms with van der Waals surface area (Å²) in [5.74, 6) is -4.58. The van der Waals surface area contributed by atoms with Crippen molar-refractivity contribution in [2.24, 2.45) is 0 Å². The summed E-state index contributed by atoms with van der Waals surface area (Å²) in [6.07, 6.45) is -26.9. The number of carboxylic acid groups (broad SMARTS) is 1. The predicted molar refractivity (Wildman–Crippen MR) is 199 cm³/mol. The van der Waals surface area contributed by atoms with Gasteiger partial charge in [-0.15, -0.1) is 0 Å². The van der Waals surface area contributed by atoms with Gasteiger partial charge in [-0.2, -0.15) is 0 Å². The molecular formula is C38H47O24+. The highest BCUT2D eigenvalue weighted by Gasteiger charge is 2.50. The standard InChI is InChI=1S/C38H46O24/c1-12-34(62-24(43)9-23(41)42)30(49)33(52)36(56-12)55-11-22-27(46)29(48)32(51)38(61-22)59-20-8-15-16(57-35(20)13-4-18(53-2)25(44)19(5-13)54-3)6-14(40)7-17(15)58-37-31(50)28(47)26(45)21(10-39)60-37/h4-8,12,21-22,26-34,36-39,45-52H,9-11H2,1-3H3,(H2-,40,41,42,44)/p+1/t12-,21+,22+,26+,27+,28-,29-,30-,31+,32+,33+,34-,36+,37+,38+/m0/s1. The molecule has 0 aliphatic carbocycles. The summed E-state index contributed by atoms with van der Waals surface area (Å²) in [5, 5.41) is 126. The smallest absolute Gasteiger partial charge is 0.402 e. The molecule has 24 nitrogen and oxygen atoms in total. The van der Waals surface area contributed by atoms with Crippen molar-refractivity contribution in [1.29, 1.82) is 0 Å². The molecule has 3 fully saturated rings. The minimum Gasteiger partial charge on any atom is -0.507 e. The van der Waals surface area contributed by atoms with Crippen LogP contribution in [0.2, 0.25) is 0 Å². The molecule has 0 spiro atoms. The SMILES string of the molecule is COc1cc(-c2[o+]c3cc(O)cc(O[C@@H]4O[C@H](CO)[C@@H](O)[C@H](O)[C@H]4O)c3cc2O[C@@H]2O[C@H](CO[C@@H]3O[C@@H](C)[C@H](OC(=O)CC(=O)O)[C@@H](O)[C@H]3O)[C@@H](O)[C@H](O)[C@H]2O)cc(OC)c1O. The number of aliphatic hydroxyl groups is 9. The Bertz CT molecular complexity index is 2040.